The molecule has 2 aromatic rings. The van der Waals surface area contributed by atoms with Crippen LogP contribution < -0.4 is 0 Å². The van der Waals surface area contributed by atoms with Gasteiger partial charge in [0.15, 0.2) is 5.78 Å². The molecule has 1 saturated heterocycles. The molecular formula is C16H19FN2O. The lowest BCUT2D eigenvalue weighted by molar-refractivity contribution is 0.0894. The van der Waals surface area contributed by atoms with Crippen molar-refractivity contribution in [2.75, 3.05) is 19.6 Å². The van der Waals surface area contributed by atoms with E-state index in [1.807, 2.05) is 0 Å². The largest absolute Gasteiger partial charge is 0.360 e. The summed E-state index contributed by atoms with van der Waals surface area (Å²) in [4.78, 5) is 17.7. The lowest BCUT2D eigenvalue weighted by Crippen LogP contribution is -2.37. The molecule has 3 nitrogen and oxygen atoms in total. The second kappa shape index (κ2) is 5.37. The summed E-state index contributed by atoms with van der Waals surface area (Å²) in [6, 6.07) is 4.50. The van der Waals surface area contributed by atoms with Gasteiger partial charge < -0.3 is 4.98 Å². The number of H-pyrrole nitrogens is 1. The maximum atomic E-state index is 13.3. The van der Waals surface area contributed by atoms with E-state index < -0.39 is 0 Å². The third kappa shape index (κ3) is 2.61. The van der Waals surface area contributed by atoms with Crippen molar-refractivity contribution in [3.05, 3.63) is 35.8 Å². The predicted octanol–water partition coefficient (Wildman–Crippen LogP) is 3.22. The van der Waals surface area contributed by atoms with Crippen molar-refractivity contribution in [1.29, 1.82) is 0 Å². The van der Waals surface area contributed by atoms with E-state index in [2.05, 4.69) is 16.8 Å². The molecule has 1 fully saturated rings. The predicted molar refractivity (Wildman–Crippen MR) is 77.4 cm³/mol. The van der Waals surface area contributed by atoms with Gasteiger partial charge >= 0.3 is 0 Å². The Hall–Kier alpha value is -1.68. The number of nitrogens with zero attached hydrogens (tertiary/aromatic N) is 1. The van der Waals surface area contributed by atoms with E-state index in [1.54, 1.807) is 12.3 Å². The number of fused-ring (bicyclic) bond motifs is 1. The minimum atomic E-state index is -0.308. The topological polar surface area (TPSA) is 36.1 Å². The van der Waals surface area contributed by atoms with Crippen molar-refractivity contribution >= 4 is 16.7 Å². The van der Waals surface area contributed by atoms with Crippen LogP contribution in [0.2, 0.25) is 0 Å². The lowest BCUT2D eigenvalue weighted by Gasteiger charge is -2.30. The van der Waals surface area contributed by atoms with Gasteiger partial charge in [-0.1, -0.05) is 6.92 Å². The second-order valence-electron chi connectivity index (χ2n) is 5.80. The molecule has 0 bridgehead atoms. The van der Waals surface area contributed by atoms with E-state index in [1.165, 1.54) is 18.6 Å². The first-order chi connectivity index (χ1) is 9.63. The number of halogens is 1. The van der Waals surface area contributed by atoms with E-state index >= 15 is 0 Å². The van der Waals surface area contributed by atoms with Crippen LogP contribution in [-0.4, -0.2) is 35.3 Å². The molecule has 1 aliphatic rings. The van der Waals surface area contributed by atoms with E-state index in [9.17, 15) is 9.18 Å². The first-order valence-electron chi connectivity index (χ1n) is 7.15. The highest BCUT2D eigenvalue weighted by Gasteiger charge is 2.20. The molecule has 2 heterocycles. The molecule has 0 aliphatic carbocycles. The molecule has 1 aromatic heterocycles. The normalized spacial score (nSPS) is 20.4. The molecule has 0 spiro atoms. The van der Waals surface area contributed by atoms with E-state index in [0.717, 1.165) is 25.0 Å². The maximum Gasteiger partial charge on any atom is 0.178 e. The fourth-order valence-electron chi connectivity index (χ4n) is 3.04. The van der Waals surface area contributed by atoms with Gasteiger partial charge in [0.05, 0.1) is 6.54 Å². The summed E-state index contributed by atoms with van der Waals surface area (Å²) >= 11 is 0. The number of hydrogen-bond acceptors (Lipinski definition) is 2. The number of carbonyl (C=O) groups is 1. The first kappa shape index (κ1) is 13.3. The number of nitrogens with one attached hydrogen (secondary N) is 1. The van der Waals surface area contributed by atoms with Crippen LogP contribution in [0.4, 0.5) is 4.39 Å². The standard InChI is InChI=1S/C16H19FN2O/c1-11-3-2-6-19(9-11)10-16(20)14-8-18-15-5-4-12(17)7-13(14)15/h4-5,7-8,11,18H,2-3,6,9-10H2,1H3/t11-/m0/s1. The number of likely N-dealkylation sites (tertiary alicyclic amines) is 1. The zero-order chi connectivity index (χ0) is 14.1. The summed E-state index contributed by atoms with van der Waals surface area (Å²) in [5, 5.41) is 0.681. The molecule has 1 aromatic carbocycles. The molecule has 1 aliphatic heterocycles. The Morgan fingerprint density at radius 1 is 1.50 bits per heavy atom. The molecule has 1 N–H and O–H groups in total. The molecule has 0 amide bonds. The molecule has 0 saturated carbocycles. The maximum absolute atomic E-state index is 13.3. The van der Waals surface area contributed by atoms with Crippen LogP contribution in [0.25, 0.3) is 10.9 Å². The van der Waals surface area contributed by atoms with E-state index in [-0.39, 0.29) is 11.6 Å². The number of benzene rings is 1. The molecule has 20 heavy (non-hydrogen) atoms. The van der Waals surface area contributed by atoms with Crippen LogP contribution >= 0.6 is 0 Å². The highest BCUT2D eigenvalue weighted by atomic mass is 19.1. The summed E-state index contributed by atoms with van der Waals surface area (Å²) in [5.41, 5.74) is 1.40. The summed E-state index contributed by atoms with van der Waals surface area (Å²) in [6.07, 6.45) is 4.08. The fraction of sp³-hybridized carbons (Fsp3) is 0.438. The highest BCUT2D eigenvalue weighted by Crippen LogP contribution is 2.21. The number of piperidine rings is 1. The quantitative estimate of drug-likeness (QED) is 0.872. The molecule has 4 heteroatoms. The van der Waals surface area contributed by atoms with Crippen LogP contribution in [-0.2, 0) is 0 Å². The van der Waals surface area contributed by atoms with Crippen LogP contribution in [0.5, 0.6) is 0 Å². The van der Waals surface area contributed by atoms with Gasteiger partial charge in [-0.25, -0.2) is 4.39 Å². The van der Waals surface area contributed by atoms with Gasteiger partial charge in [0.25, 0.3) is 0 Å². The average molecular weight is 274 g/mol. The molecule has 0 radical (unpaired) electrons. The van der Waals surface area contributed by atoms with Crippen molar-refractivity contribution in [1.82, 2.24) is 9.88 Å². The zero-order valence-corrected chi connectivity index (χ0v) is 11.7. The summed E-state index contributed by atoms with van der Waals surface area (Å²) in [7, 11) is 0. The molecule has 0 unspecified atom stereocenters. The van der Waals surface area contributed by atoms with Crippen LogP contribution in [0.1, 0.15) is 30.1 Å². The minimum Gasteiger partial charge on any atom is -0.360 e. The van der Waals surface area contributed by atoms with Gasteiger partial charge in [0.2, 0.25) is 0 Å². The lowest BCUT2D eigenvalue weighted by atomic mass is 9.99. The number of hydrogen-bond donors (Lipinski definition) is 1. The molecule has 3 rings (SSSR count). The highest BCUT2D eigenvalue weighted by molar-refractivity contribution is 6.08. The number of ketones is 1. The van der Waals surface area contributed by atoms with Gasteiger partial charge in [-0.3, -0.25) is 9.69 Å². The average Bonchev–Trinajstić information content (AvgIpc) is 2.81. The second-order valence-corrected chi connectivity index (χ2v) is 5.80. The number of rotatable bonds is 3. The van der Waals surface area contributed by atoms with Gasteiger partial charge in [-0.05, 0) is 43.5 Å². The Labute approximate surface area is 117 Å². The van der Waals surface area contributed by atoms with Crippen molar-refractivity contribution in [2.24, 2.45) is 5.92 Å². The number of aromatic amines is 1. The van der Waals surface area contributed by atoms with E-state index in [4.69, 9.17) is 0 Å². The van der Waals surface area contributed by atoms with Crippen molar-refractivity contribution in [2.45, 2.75) is 19.8 Å². The third-order valence-electron chi connectivity index (χ3n) is 4.05. The van der Waals surface area contributed by atoms with Gasteiger partial charge in [-0.2, -0.15) is 0 Å². The Morgan fingerprint density at radius 3 is 3.15 bits per heavy atom. The Bertz CT molecular complexity index is 634. The Kier molecular flexibility index (Phi) is 3.57. The van der Waals surface area contributed by atoms with Gasteiger partial charge in [0.1, 0.15) is 5.82 Å². The minimum absolute atomic E-state index is 0.0657. The van der Waals surface area contributed by atoms with Crippen LogP contribution in [0, 0.1) is 11.7 Å². The summed E-state index contributed by atoms with van der Waals surface area (Å²) in [5.74, 6) is 0.408. The van der Waals surface area contributed by atoms with Crippen molar-refractivity contribution in [3.8, 4) is 0 Å². The van der Waals surface area contributed by atoms with Gasteiger partial charge in [-0.15, -0.1) is 0 Å². The number of aromatic nitrogens is 1. The molecule has 1 atom stereocenters. The van der Waals surface area contributed by atoms with Gasteiger partial charge in [0, 0.05) is 29.2 Å². The first-order valence-corrected chi connectivity index (χ1v) is 7.15. The van der Waals surface area contributed by atoms with Crippen molar-refractivity contribution in [3.63, 3.8) is 0 Å². The van der Waals surface area contributed by atoms with E-state index in [0.29, 0.717) is 23.4 Å². The summed E-state index contributed by atoms with van der Waals surface area (Å²) in [6.45, 7) is 4.60. The fourth-order valence-corrected chi connectivity index (χ4v) is 3.04. The monoisotopic (exact) mass is 274 g/mol. The third-order valence-corrected chi connectivity index (χ3v) is 4.05. The molecular weight excluding hydrogens is 255 g/mol. The Morgan fingerprint density at radius 2 is 2.35 bits per heavy atom. The smallest absolute Gasteiger partial charge is 0.178 e. The van der Waals surface area contributed by atoms with Crippen LogP contribution in [0.15, 0.2) is 24.4 Å². The number of Topliss-reactive ketones (excluding diaryl/α,β-unsaturated/α-hetero) is 1. The zero-order valence-electron chi connectivity index (χ0n) is 11.7. The molecule has 106 valence electrons. The SMILES string of the molecule is C[C@H]1CCCN(CC(=O)c2c[nH]c3ccc(F)cc23)C1. The van der Waals surface area contributed by atoms with Crippen molar-refractivity contribution < 1.29 is 9.18 Å². The van der Waals surface area contributed by atoms with Crippen LogP contribution in [0.3, 0.4) is 0 Å². The Balaban J connectivity index is 1.80. The summed E-state index contributed by atoms with van der Waals surface area (Å²) < 4.78 is 13.3. The number of carbonyl (C=O) groups excluding carboxylic acids is 1.